The number of aryl methyl sites for hydroxylation is 1. The van der Waals surface area contributed by atoms with E-state index in [9.17, 15) is 0 Å². The van der Waals surface area contributed by atoms with Crippen molar-refractivity contribution in [2.75, 3.05) is 7.11 Å². The predicted molar refractivity (Wildman–Crippen MR) is 50.9 cm³/mol. The van der Waals surface area contributed by atoms with Gasteiger partial charge in [0.15, 0.2) is 0 Å². The molecule has 0 radical (unpaired) electrons. The highest BCUT2D eigenvalue weighted by Crippen LogP contribution is 2.15. The molecule has 1 aromatic heterocycles. The number of rotatable bonds is 3. The van der Waals surface area contributed by atoms with Gasteiger partial charge < -0.3 is 9.84 Å². The Morgan fingerprint density at radius 3 is 2.77 bits per heavy atom. The van der Waals surface area contributed by atoms with Crippen LogP contribution in [0.3, 0.4) is 0 Å². The Bertz CT molecular complexity index is 284. The summed E-state index contributed by atoms with van der Waals surface area (Å²) in [5.41, 5.74) is 2.04. The van der Waals surface area contributed by atoms with Gasteiger partial charge in [-0.2, -0.15) is 0 Å². The van der Waals surface area contributed by atoms with Crippen molar-refractivity contribution < 1.29 is 9.84 Å². The van der Waals surface area contributed by atoms with E-state index in [1.54, 1.807) is 20.2 Å². The lowest BCUT2D eigenvalue weighted by Crippen LogP contribution is -2.05. The molecule has 1 aromatic rings. The number of pyridine rings is 1. The largest absolute Gasteiger partial charge is 0.481 e. The molecule has 1 heterocycles. The summed E-state index contributed by atoms with van der Waals surface area (Å²) < 4.78 is 5.03. The number of aliphatic hydroxyl groups excluding tert-OH is 1. The Kier molecular flexibility index (Phi) is 3.25. The van der Waals surface area contributed by atoms with Crippen molar-refractivity contribution in [2.24, 2.45) is 0 Å². The molecule has 72 valence electrons. The summed E-state index contributed by atoms with van der Waals surface area (Å²) in [5.74, 6) is 0.648. The molecule has 1 atom stereocenters. The molecule has 1 rings (SSSR count). The van der Waals surface area contributed by atoms with E-state index in [1.807, 2.05) is 13.0 Å². The summed E-state index contributed by atoms with van der Waals surface area (Å²) in [6, 6.07) is 1.98. The number of aliphatic hydroxyl groups is 1. The number of hydrogen-bond donors (Lipinski definition) is 1. The molecular weight excluding hydrogens is 166 g/mol. The highest BCUT2D eigenvalue weighted by atomic mass is 16.5. The van der Waals surface area contributed by atoms with Gasteiger partial charge >= 0.3 is 0 Å². The second-order valence-electron chi connectivity index (χ2n) is 3.22. The van der Waals surface area contributed by atoms with Crippen molar-refractivity contribution in [3.8, 4) is 5.88 Å². The summed E-state index contributed by atoms with van der Waals surface area (Å²) >= 11 is 0. The first-order valence-electron chi connectivity index (χ1n) is 4.31. The van der Waals surface area contributed by atoms with E-state index in [0.717, 1.165) is 11.1 Å². The third kappa shape index (κ3) is 2.70. The molecule has 0 bridgehead atoms. The summed E-state index contributed by atoms with van der Waals surface area (Å²) in [6.07, 6.45) is 2.05. The van der Waals surface area contributed by atoms with Gasteiger partial charge in [-0.25, -0.2) is 4.98 Å². The quantitative estimate of drug-likeness (QED) is 0.764. The van der Waals surface area contributed by atoms with Gasteiger partial charge in [0.05, 0.1) is 13.2 Å². The SMILES string of the molecule is COc1ncc(CC(C)O)cc1C. The average molecular weight is 181 g/mol. The first kappa shape index (κ1) is 9.99. The van der Waals surface area contributed by atoms with E-state index in [1.165, 1.54) is 0 Å². The van der Waals surface area contributed by atoms with E-state index < -0.39 is 0 Å². The Balaban J connectivity index is 2.83. The lowest BCUT2D eigenvalue weighted by molar-refractivity contribution is 0.195. The number of nitrogens with zero attached hydrogens (tertiary/aromatic N) is 1. The van der Waals surface area contributed by atoms with Crippen molar-refractivity contribution >= 4 is 0 Å². The first-order valence-corrected chi connectivity index (χ1v) is 4.31. The molecule has 0 aliphatic rings. The maximum atomic E-state index is 9.16. The number of hydrogen-bond acceptors (Lipinski definition) is 3. The van der Waals surface area contributed by atoms with Crippen LogP contribution in [0.2, 0.25) is 0 Å². The molecule has 0 amide bonds. The fourth-order valence-corrected chi connectivity index (χ4v) is 1.29. The summed E-state index contributed by atoms with van der Waals surface area (Å²) in [6.45, 7) is 3.71. The Labute approximate surface area is 78.4 Å². The summed E-state index contributed by atoms with van der Waals surface area (Å²) in [5, 5.41) is 9.16. The van der Waals surface area contributed by atoms with Gasteiger partial charge in [-0.15, -0.1) is 0 Å². The smallest absolute Gasteiger partial charge is 0.215 e. The molecule has 3 heteroatoms. The van der Waals surface area contributed by atoms with E-state index >= 15 is 0 Å². The van der Waals surface area contributed by atoms with E-state index in [2.05, 4.69) is 4.98 Å². The molecule has 0 spiro atoms. The second-order valence-corrected chi connectivity index (χ2v) is 3.22. The zero-order valence-electron chi connectivity index (χ0n) is 8.24. The van der Waals surface area contributed by atoms with E-state index in [-0.39, 0.29) is 6.10 Å². The van der Waals surface area contributed by atoms with Gasteiger partial charge in [-0.3, -0.25) is 0 Å². The monoisotopic (exact) mass is 181 g/mol. The highest BCUT2D eigenvalue weighted by Gasteiger charge is 2.03. The van der Waals surface area contributed by atoms with Crippen LogP contribution in [0.4, 0.5) is 0 Å². The van der Waals surface area contributed by atoms with Crippen molar-refractivity contribution in [1.82, 2.24) is 4.98 Å². The average Bonchev–Trinajstić information content (AvgIpc) is 2.03. The van der Waals surface area contributed by atoms with Gasteiger partial charge in [0.2, 0.25) is 5.88 Å². The van der Waals surface area contributed by atoms with Crippen LogP contribution in [0.25, 0.3) is 0 Å². The number of aromatic nitrogens is 1. The van der Waals surface area contributed by atoms with Crippen LogP contribution in [0.15, 0.2) is 12.3 Å². The molecule has 0 aliphatic heterocycles. The third-order valence-corrected chi connectivity index (χ3v) is 1.81. The van der Waals surface area contributed by atoms with Crippen LogP contribution in [-0.2, 0) is 6.42 Å². The van der Waals surface area contributed by atoms with Crippen LogP contribution in [-0.4, -0.2) is 23.3 Å². The topological polar surface area (TPSA) is 42.4 Å². The predicted octanol–water partition coefficient (Wildman–Crippen LogP) is 1.32. The fraction of sp³-hybridized carbons (Fsp3) is 0.500. The Morgan fingerprint density at radius 2 is 2.31 bits per heavy atom. The minimum absolute atomic E-state index is 0.324. The fourth-order valence-electron chi connectivity index (χ4n) is 1.29. The maximum absolute atomic E-state index is 9.16. The van der Waals surface area contributed by atoms with Gasteiger partial charge in [0.1, 0.15) is 0 Å². The number of methoxy groups -OCH3 is 1. The van der Waals surface area contributed by atoms with Gasteiger partial charge in [0.25, 0.3) is 0 Å². The van der Waals surface area contributed by atoms with Gasteiger partial charge in [-0.1, -0.05) is 0 Å². The zero-order chi connectivity index (χ0) is 9.84. The van der Waals surface area contributed by atoms with Crippen LogP contribution < -0.4 is 4.74 Å². The maximum Gasteiger partial charge on any atom is 0.215 e. The summed E-state index contributed by atoms with van der Waals surface area (Å²) in [7, 11) is 1.60. The minimum Gasteiger partial charge on any atom is -0.481 e. The molecule has 0 fully saturated rings. The highest BCUT2D eigenvalue weighted by molar-refractivity contribution is 5.28. The van der Waals surface area contributed by atoms with E-state index in [4.69, 9.17) is 9.84 Å². The standard InChI is InChI=1S/C10H15NO2/c1-7-4-9(5-8(2)12)6-11-10(7)13-3/h4,6,8,12H,5H2,1-3H3. The molecule has 0 aromatic carbocycles. The molecule has 0 saturated carbocycles. The van der Waals surface area contributed by atoms with Gasteiger partial charge in [-0.05, 0) is 31.9 Å². The van der Waals surface area contributed by atoms with Crippen molar-refractivity contribution in [1.29, 1.82) is 0 Å². The molecule has 0 saturated heterocycles. The number of ether oxygens (including phenoxy) is 1. The molecule has 1 N–H and O–H groups in total. The second kappa shape index (κ2) is 4.23. The van der Waals surface area contributed by atoms with Crippen molar-refractivity contribution in [2.45, 2.75) is 26.4 Å². The summed E-state index contributed by atoms with van der Waals surface area (Å²) in [4.78, 5) is 4.12. The van der Waals surface area contributed by atoms with Crippen molar-refractivity contribution in [3.05, 3.63) is 23.4 Å². The van der Waals surface area contributed by atoms with Crippen LogP contribution in [0, 0.1) is 6.92 Å². The van der Waals surface area contributed by atoms with E-state index in [0.29, 0.717) is 12.3 Å². The van der Waals surface area contributed by atoms with Crippen molar-refractivity contribution in [3.63, 3.8) is 0 Å². The normalized spacial score (nSPS) is 12.6. The molecule has 3 nitrogen and oxygen atoms in total. The third-order valence-electron chi connectivity index (χ3n) is 1.81. The Morgan fingerprint density at radius 1 is 1.62 bits per heavy atom. The molecular formula is C10H15NO2. The lowest BCUT2D eigenvalue weighted by atomic mass is 10.1. The molecule has 0 aliphatic carbocycles. The minimum atomic E-state index is -0.324. The zero-order valence-corrected chi connectivity index (χ0v) is 8.24. The molecule has 1 unspecified atom stereocenters. The van der Waals surface area contributed by atoms with Crippen LogP contribution in [0.1, 0.15) is 18.1 Å². The lowest BCUT2D eigenvalue weighted by Gasteiger charge is -2.07. The first-order chi connectivity index (χ1) is 6.13. The van der Waals surface area contributed by atoms with Crippen LogP contribution >= 0.6 is 0 Å². The van der Waals surface area contributed by atoms with Gasteiger partial charge in [0, 0.05) is 11.8 Å². The Hall–Kier alpha value is -1.09. The van der Waals surface area contributed by atoms with Crippen LogP contribution in [0.5, 0.6) is 5.88 Å². The molecule has 13 heavy (non-hydrogen) atoms.